The van der Waals surface area contributed by atoms with Gasteiger partial charge < -0.3 is 25.4 Å². The van der Waals surface area contributed by atoms with Crippen LogP contribution in [0.4, 0.5) is 10.5 Å². The maximum atomic E-state index is 12.4. The quantitative estimate of drug-likeness (QED) is 0.662. The first-order valence-electron chi connectivity index (χ1n) is 9.54. The first-order chi connectivity index (χ1) is 13.3. The molecule has 1 unspecified atom stereocenters. The maximum absolute atomic E-state index is 12.4. The minimum atomic E-state index is -1.09. The third kappa shape index (κ3) is 6.14. The van der Waals surface area contributed by atoms with Crippen LogP contribution in [0.5, 0.6) is 5.75 Å². The number of nitrogens with zero attached hydrogens (tertiary/aromatic N) is 1. The number of anilines is 1. The van der Waals surface area contributed by atoms with Crippen molar-refractivity contribution in [1.29, 1.82) is 0 Å². The Morgan fingerprint density at radius 2 is 2.07 bits per heavy atom. The number of carboxylic acids is 1. The smallest absolute Gasteiger partial charge is 0.339 e. The molecule has 154 valence electrons. The average molecular weight is 391 g/mol. The van der Waals surface area contributed by atoms with Crippen molar-refractivity contribution in [3.05, 3.63) is 23.8 Å². The molecule has 1 fully saturated rings. The number of carbonyl (C=O) groups excluding carboxylic acids is 2. The molecule has 3 amide bonds. The summed E-state index contributed by atoms with van der Waals surface area (Å²) in [5.74, 6) is -0.582. The molecule has 0 bridgehead atoms. The van der Waals surface area contributed by atoms with Gasteiger partial charge in [0.15, 0.2) is 0 Å². The van der Waals surface area contributed by atoms with Gasteiger partial charge in [0.05, 0.1) is 7.11 Å². The lowest BCUT2D eigenvalue weighted by Crippen LogP contribution is -2.46. The predicted octanol–water partition coefficient (Wildman–Crippen LogP) is 2.80. The number of aromatic carboxylic acids is 1. The van der Waals surface area contributed by atoms with E-state index in [1.165, 1.54) is 25.3 Å². The predicted molar refractivity (Wildman–Crippen MR) is 106 cm³/mol. The summed E-state index contributed by atoms with van der Waals surface area (Å²) in [6.07, 6.45) is 2.06. The van der Waals surface area contributed by atoms with Crippen molar-refractivity contribution in [2.75, 3.05) is 32.1 Å². The summed E-state index contributed by atoms with van der Waals surface area (Å²) >= 11 is 0. The number of hydrogen-bond acceptors (Lipinski definition) is 4. The number of rotatable bonds is 7. The molecule has 0 spiro atoms. The first-order valence-corrected chi connectivity index (χ1v) is 9.54. The van der Waals surface area contributed by atoms with Gasteiger partial charge in [-0.1, -0.05) is 13.8 Å². The summed E-state index contributed by atoms with van der Waals surface area (Å²) in [5.41, 5.74) is 0.519. The Morgan fingerprint density at radius 3 is 2.71 bits per heavy atom. The number of carbonyl (C=O) groups is 3. The third-order valence-corrected chi connectivity index (χ3v) is 4.66. The number of ether oxygens (including phenoxy) is 1. The van der Waals surface area contributed by atoms with Crippen LogP contribution in [0.3, 0.4) is 0 Å². The highest BCUT2D eigenvalue weighted by molar-refractivity contribution is 5.94. The van der Waals surface area contributed by atoms with Gasteiger partial charge >= 0.3 is 12.0 Å². The van der Waals surface area contributed by atoms with E-state index in [-0.39, 0.29) is 29.2 Å². The summed E-state index contributed by atoms with van der Waals surface area (Å²) in [5, 5.41) is 14.8. The highest BCUT2D eigenvalue weighted by atomic mass is 16.5. The molecule has 8 heteroatoms. The molecule has 0 radical (unpaired) electrons. The monoisotopic (exact) mass is 391 g/mol. The molecular weight excluding hydrogens is 362 g/mol. The van der Waals surface area contributed by atoms with Gasteiger partial charge in [-0.3, -0.25) is 4.79 Å². The summed E-state index contributed by atoms with van der Waals surface area (Å²) in [7, 11) is 1.38. The number of nitrogens with one attached hydrogen (secondary N) is 2. The molecule has 1 aliphatic rings. The molecule has 1 saturated heterocycles. The molecular formula is C20H29N3O5. The second kappa shape index (κ2) is 9.96. The second-order valence-corrected chi connectivity index (χ2v) is 7.51. The van der Waals surface area contributed by atoms with Crippen molar-refractivity contribution in [2.45, 2.75) is 33.1 Å². The van der Waals surface area contributed by atoms with Crippen molar-refractivity contribution in [3.63, 3.8) is 0 Å². The number of carboxylic acid groups (broad SMARTS) is 1. The van der Waals surface area contributed by atoms with E-state index in [1.54, 1.807) is 4.90 Å². The Bertz CT molecular complexity index is 720. The number of likely N-dealkylation sites (tertiary alicyclic amines) is 1. The van der Waals surface area contributed by atoms with E-state index in [2.05, 4.69) is 10.6 Å². The van der Waals surface area contributed by atoms with Gasteiger partial charge in [0.25, 0.3) is 0 Å². The van der Waals surface area contributed by atoms with Crippen LogP contribution in [0.1, 0.15) is 43.5 Å². The van der Waals surface area contributed by atoms with Crippen LogP contribution >= 0.6 is 0 Å². The van der Waals surface area contributed by atoms with Gasteiger partial charge in [-0.2, -0.15) is 0 Å². The molecule has 1 aromatic carbocycles. The molecule has 1 aromatic rings. The molecule has 0 aliphatic carbocycles. The molecule has 2 rings (SSSR count). The van der Waals surface area contributed by atoms with Crippen LogP contribution in [-0.2, 0) is 4.79 Å². The van der Waals surface area contributed by atoms with Crippen molar-refractivity contribution in [1.82, 2.24) is 10.2 Å². The van der Waals surface area contributed by atoms with Crippen molar-refractivity contribution in [2.24, 2.45) is 11.8 Å². The van der Waals surface area contributed by atoms with Crippen molar-refractivity contribution >= 4 is 23.6 Å². The minimum Gasteiger partial charge on any atom is -0.496 e. The van der Waals surface area contributed by atoms with Crippen LogP contribution in [-0.4, -0.2) is 54.7 Å². The number of amides is 3. The number of benzene rings is 1. The summed E-state index contributed by atoms with van der Waals surface area (Å²) in [6, 6.07) is 4.36. The van der Waals surface area contributed by atoms with E-state index in [4.69, 9.17) is 9.84 Å². The van der Waals surface area contributed by atoms with Gasteiger partial charge in [0.2, 0.25) is 5.91 Å². The largest absolute Gasteiger partial charge is 0.496 e. The normalized spacial score (nSPS) is 16.6. The molecule has 1 aliphatic heterocycles. The molecule has 1 atom stereocenters. The average Bonchev–Trinajstić information content (AvgIpc) is 2.65. The van der Waals surface area contributed by atoms with Crippen LogP contribution in [0.2, 0.25) is 0 Å². The standard InChI is InChI=1S/C20H29N3O5/c1-13(2)11-21-20(27)23-8-4-5-14(12-23)9-18(24)22-15-6-7-16(19(25)26)17(10-15)28-3/h6-7,10,13-14H,4-5,8-9,11-12H2,1-3H3,(H,21,27)(H,22,24)(H,25,26). The molecule has 0 saturated carbocycles. The van der Waals surface area contributed by atoms with E-state index in [0.29, 0.717) is 37.7 Å². The Balaban J connectivity index is 1.90. The Labute approximate surface area is 165 Å². The molecule has 1 heterocycles. The number of methoxy groups -OCH3 is 1. The van der Waals surface area contributed by atoms with E-state index in [9.17, 15) is 14.4 Å². The molecule has 8 nitrogen and oxygen atoms in total. The molecule has 28 heavy (non-hydrogen) atoms. The van der Waals surface area contributed by atoms with Gasteiger partial charge in [-0.05, 0) is 36.8 Å². The van der Waals surface area contributed by atoms with Crippen molar-refractivity contribution in [3.8, 4) is 5.75 Å². The highest BCUT2D eigenvalue weighted by Gasteiger charge is 2.25. The van der Waals surface area contributed by atoms with Gasteiger partial charge in [-0.25, -0.2) is 9.59 Å². The van der Waals surface area contributed by atoms with Crippen LogP contribution in [0.25, 0.3) is 0 Å². The van der Waals surface area contributed by atoms with Gasteiger partial charge in [0, 0.05) is 37.8 Å². The van der Waals surface area contributed by atoms with E-state index < -0.39 is 5.97 Å². The fraction of sp³-hybridized carbons (Fsp3) is 0.550. The minimum absolute atomic E-state index is 0.0378. The third-order valence-electron chi connectivity index (χ3n) is 4.66. The second-order valence-electron chi connectivity index (χ2n) is 7.51. The Kier molecular flexibility index (Phi) is 7.66. The van der Waals surface area contributed by atoms with Crippen LogP contribution in [0.15, 0.2) is 18.2 Å². The summed E-state index contributed by atoms with van der Waals surface area (Å²) < 4.78 is 5.08. The SMILES string of the molecule is COc1cc(NC(=O)CC2CCCN(C(=O)NCC(C)C)C2)ccc1C(=O)O. The zero-order valence-corrected chi connectivity index (χ0v) is 16.7. The Morgan fingerprint density at radius 1 is 1.32 bits per heavy atom. The lowest BCUT2D eigenvalue weighted by molar-refractivity contribution is -0.117. The fourth-order valence-corrected chi connectivity index (χ4v) is 3.24. The van der Waals surface area contributed by atoms with Crippen molar-refractivity contribution < 1.29 is 24.2 Å². The summed E-state index contributed by atoms with van der Waals surface area (Å²) in [4.78, 5) is 37.6. The maximum Gasteiger partial charge on any atom is 0.339 e. The topological polar surface area (TPSA) is 108 Å². The van der Waals surface area contributed by atoms with Crippen LogP contribution < -0.4 is 15.4 Å². The lowest BCUT2D eigenvalue weighted by Gasteiger charge is -2.32. The zero-order valence-electron chi connectivity index (χ0n) is 16.7. The number of piperidine rings is 1. The lowest BCUT2D eigenvalue weighted by atomic mass is 9.94. The first kappa shape index (κ1) is 21.5. The Hall–Kier alpha value is -2.77. The number of hydrogen-bond donors (Lipinski definition) is 3. The zero-order chi connectivity index (χ0) is 20.7. The summed E-state index contributed by atoms with van der Waals surface area (Å²) in [6.45, 7) is 5.98. The van der Waals surface area contributed by atoms with Gasteiger partial charge in [-0.15, -0.1) is 0 Å². The van der Waals surface area contributed by atoms with E-state index in [0.717, 1.165) is 12.8 Å². The molecule has 0 aromatic heterocycles. The fourth-order valence-electron chi connectivity index (χ4n) is 3.24. The molecule has 3 N–H and O–H groups in total. The highest BCUT2D eigenvalue weighted by Crippen LogP contribution is 2.25. The van der Waals surface area contributed by atoms with Gasteiger partial charge in [0.1, 0.15) is 11.3 Å². The van der Waals surface area contributed by atoms with E-state index in [1.807, 2.05) is 13.8 Å². The van der Waals surface area contributed by atoms with Crippen LogP contribution in [0, 0.1) is 11.8 Å². The number of urea groups is 1. The van der Waals surface area contributed by atoms with E-state index >= 15 is 0 Å².